The molecule has 0 aliphatic rings. The molecule has 0 unspecified atom stereocenters. The third-order valence-corrected chi connectivity index (χ3v) is 3.24. The van der Waals surface area contributed by atoms with Crippen molar-refractivity contribution in [3.05, 3.63) is 57.5 Å². The summed E-state index contributed by atoms with van der Waals surface area (Å²) in [6.45, 7) is 0. The van der Waals surface area contributed by atoms with Crippen molar-refractivity contribution in [2.75, 3.05) is 10.7 Å². The summed E-state index contributed by atoms with van der Waals surface area (Å²) in [4.78, 5) is 11.7. The Labute approximate surface area is 131 Å². The first kappa shape index (κ1) is 14.8. The second-order valence-electron chi connectivity index (χ2n) is 3.81. The van der Waals surface area contributed by atoms with Crippen LogP contribution in [0.1, 0.15) is 0 Å². The number of urea groups is 1. The Hall–Kier alpha value is -1.62. The molecule has 0 aliphatic carbocycles. The predicted molar refractivity (Wildman–Crippen MR) is 83.7 cm³/mol. The van der Waals surface area contributed by atoms with Crippen molar-refractivity contribution >= 4 is 52.2 Å². The van der Waals surface area contributed by atoms with Gasteiger partial charge in [0.15, 0.2) is 0 Å². The minimum absolute atomic E-state index is 0.399. The van der Waals surface area contributed by atoms with E-state index in [1.165, 1.54) is 0 Å². The van der Waals surface area contributed by atoms with Crippen LogP contribution in [0.4, 0.5) is 16.2 Å². The van der Waals surface area contributed by atoms with E-state index >= 15 is 0 Å². The van der Waals surface area contributed by atoms with Gasteiger partial charge in [-0.2, -0.15) is 0 Å². The molecule has 2 aromatic rings. The van der Waals surface area contributed by atoms with Gasteiger partial charge in [0.25, 0.3) is 0 Å². The molecule has 7 heteroatoms. The molecule has 0 aromatic heterocycles. The lowest BCUT2D eigenvalue weighted by Gasteiger charge is -2.12. The molecule has 0 fully saturated rings. The van der Waals surface area contributed by atoms with Gasteiger partial charge in [0.05, 0.1) is 21.4 Å². The number of para-hydroxylation sites is 1. The van der Waals surface area contributed by atoms with Crippen molar-refractivity contribution in [2.24, 2.45) is 0 Å². The molecule has 0 atom stereocenters. The Morgan fingerprint density at radius 1 is 0.900 bits per heavy atom. The SMILES string of the molecule is O=C(NNc1ccc(Cl)cc1Cl)Nc1ccccc1Cl. The number of anilines is 2. The Morgan fingerprint density at radius 3 is 2.35 bits per heavy atom. The number of hydrogen-bond donors (Lipinski definition) is 3. The van der Waals surface area contributed by atoms with E-state index in [0.717, 1.165) is 0 Å². The smallest absolute Gasteiger partial charge is 0.305 e. The largest absolute Gasteiger partial charge is 0.337 e. The molecule has 0 saturated heterocycles. The maximum Gasteiger partial charge on any atom is 0.337 e. The lowest BCUT2D eigenvalue weighted by atomic mass is 10.3. The number of hydrazine groups is 1. The average Bonchev–Trinajstić information content (AvgIpc) is 2.40. The summed E-state index contributed by atoms with van der Waals surface area (Å²) in [5, 5.41) is 3.96. The van der Waals surface area contributed by atoms with Gasteiger partial charge in [-0.15, -0.1) is 0 Å². The average molecular weight is 331 g/mol. The summed E-state index contributed by atoms with van der Waals surface area (Å²) in [6, 6.07) is 11.3. The Morgan fingerprint density at radius 2 is 1.65 bits per heavy atom. The van der Waals surface area contributed by atoms with E-state index in [-0.39, 0.29) is 0 Å². The molecular formula is C13H10Cl3N3O. The summed E-state index contributed by atoms with van der Waals surface area (Å²) >= 11 is 17.7. The highest BCUT2D eigenvalue weighted by atomic mass is 35.5. The third kappa shape index (κ3) is 3.93. The standard InChI is InChI=1S/C13H10Cl3N3O/c14-8-5-6-12(10(16)7-8)18-19-13(20)17-11-4-2-1-3-9(11)15/h1-7,18H,(H2,17,19,20). The molecular weight excluding hydrogens is 321 g/mol. The Balaban J connectivity index is 1.94. The zero-order valence-electron chi connectivity index (χ0n) is 10.1. The summed E-state index contributed by atoms with van der Waals surface area (Å²) in [7, 11) is 0. The number of nitrogens with one attached hydrogen (secondary N) is 3. The summed E-state index contributed by atoms with van der Waals surface area (Å²) in [5.74, 6) is 0. The monoisotopic (exact) mass is 329 g/mol. The van der Waals surface area contributed by atoms with Gasteiger partial charge in [0.1, 0.15) is 0 Å². The van der Waals surface area contributed by atoms with Crippen LogP contribution in [0.5, 0.6) is 0 Å². The van der Waals surface area contributed by atoms with Crippen molar-refractivity contribution in [1.29, 1.82) is 0 Å². The first-order chi connectivity index (χ1) is 9.56. The van der Waals surface area contributed by atoms with E-state index in [1.807, 2.05) is 0 Å². The first-order valence-electron chi connectivity index (χ1n) is 5.59. The molecule has 4 nitrogen and oxygen atoms in total. The van der Waals surface area contributed by atoms with Crippen LogP contribution in [0.25, 0.3) is 0 Å². The van der Waals surface area contributed by atoms with Gasteiger partial charge in [0.2, 0.25) is 0 Å². The highest BCUT2D eigenvalue weighted by molar-refractivity contribution is 6.36. The minimum atomic E-state index is -0.468. The van der Waals surface area contributed by atoms with Crippen molar-refractivity contribution in [3.8, 4) is 0 Å². The van der Waals surface area contributed by atoms with Crippen LogP contribution >= 0.6 is 34.8 Å². The van der Waals surface area contributed by atoms with E-state index < -0.39 is 6.03 Å². The lowest BCUT2D eigenvalue weighted by molar-refractivity contribution is 0.254. The topological polar surface area (TPSA) is 53.2 Å². The zero-order valence-corrected chi connectivity index (χ0v) is 12.4. The van der Waals surface area contributed by atoms with E-state index in [0.29, 0.717) is 26.4 Å². The van der Waals surface area contributed by atoms with Crippen LogP contribution in [0.15, 0.2) is 42.5 Å². The molecule has 0 radical (unpaired) electrons. The van der Waals surface area contributed by atoms with Crippen LogP contribution in [0.3, 0.4) is 0 Å². The summed E-state index contributed by atoms with van der Waals surface area (Å²) in [5.41, 5.74) is 6.18. The van der Waals surface area contributed by atoms with Crippen LogP contribution in [0.2, 0.25) is 15.1 Å². The number of hydrogen-bond acceptors (Lipinski definition) is 2. The molecule has 2 aromatic carbocycles. The predicted octanol–water partition coefficient (Wildman–Crippen LogP) is 4.80. The lowest BCUT2D eigenvalue weighted by Crippen LogP contribution is -2.33. The van der Waals surface area contributed by atoms with Crippen LogP contribution in [0, 0.1) is 0 Å². The van der Waals surface area contributed by atoms with Gasteiger partial charge >= 0.3 is 6.03 Å². The fourth-order valence-electron chi connectivity index (χ4n) is 1.43. The quantitative estimate of drug-likeness (QED) is 0.708. The molecule has 104 valence electrons. The van der Waals surface area contributed by atoms with Gasteiger partial charge in [-0.25, -0.2) is 4.79 Å². The van der Waals surface area contributed by atoms with E-state index in [4.69, 9.17) is 34.8 Å². The van der Waals surface area contributed by atoms with Gasteiger partial charge in [-0.3, -0.25) is 10.9 Å². The number of amides is 2. The number of carbonyl (C=O) groups excluding carboxylic acids is 1. The van der Waals surface area contributed by atoms with Crippen molar-refractivity contribution < 1.29 is 4.79 Å². The summed E-state index contributed by atoms with van der Waals surface area (Å²) < 4.78 is 0. The molecule has 3 N–H and O–H groups in total. The maximum absolute atomic E-state index is 11.7. The Bertz CT molecular complexity index is 634. The molecule has 0 spiro atoms. The minimum Gasteiger partial charge on any atom is -0.305 e. The van der Waals surface area contributed by atoms with Gasteiger partial charge in [0, 0.05) is 5.02 Å². The molecule has 2 rings (SSSR count). The maximum atomic E-state index is 11.7. The molecule has 2 amide bonds. The molecule has 20 heavy (non-hydrogen) atoms. The Kier molecular flexibility index (Phi) is 4.95. The first-order valence-corrected chi connectivity index (χ1v) is 6.72. The number of halogens is 3. The second kappa shape index (κ2) is 6.70. The highest BCUT2D eigenvalue weighted by Gasteiger charge is 2.05. The number of rotatable bonds is 3. The van der Waals surface area contributed by atoms with Crippen LogP contribution < -0.4 is 16.2 Å². The van der Waals surface area contributed by atoms with Crippen LogP contribution in [-0.2, 0) is 0 Å². The normalized spacial score (nSPS) is 9.95. The third-order valence-electron chi connectivity index (χ3n) is 2.36. The fraction of sp³-hybridized carbons (Fsp3) is 0. The van der Waals surface area contributed by atoms with Crippen molar-refractivity contribution in [3.63, 3.8) is 0 Å². The van der Waals surface area contributed by atoms with Gasteiger partial charge in [-0.05, 0) is 30.3 Å². The van der Waals surface area contributed by atoms with E-state index in [1.54, 1.807) is 42.5 Å². The van der Waals surface area contributed by atoms with Crippen molar-refractivity contribution in [2.45, 2.75) is 0 Å². The highest BCUT2D eigenvalue weighted by Crippen LogP contribution is 2.24. The fourth-order valence-corrected chi connectivity index (χ4v) is 2.07. The summed E-state index contributed by atoms with van der Waals surface area (Å²) in [6.07, 6.45) is 0. The molecule has 0 heterocycles. The second-order valence-corrected chi connectivity index (χ2v) is 5.06. The van der Waals surface area contributed by atoms with E-state index in [2.05, 4.69) is 16.2 Å². The molecule has 0 aliphatic heterocycles. The van der Waals surface area contributed by atoms with Crippen LogP contribution in [-0.4, -0.2) is 6.03 Å². The van der Waals surface area contributed by atoms with Gasteiger partial charge in [-0.1, -0.05) is 46.9 Å². The van der Waals surface area contributed by atoms with Gasteiger partial charge < -0.3 is 5.32 Å². The zero-order chi connectivity index (χ0) is 14.5. The molecule has 0 bridgehead atoms. The molecule has 0 saturated carbocycles. The van der Waals surface area contributed by atoms with E-state index in [9.17, 15) is 4.79 Å². The van der Waals surface area contributed by atoms with Crippen molar-refractivity contribution in [1.82, 2.24) is 5.43 Å². The number of benzene rings is 2. The number of carbonyl (C=O) groups is 1.